The van der Waals surface area contributed by atoms with E-state index in [4.69, 9.17) is 5.73 Å². The van der Waals surface area contributed by atoms with Gasteiger partial charge in [-0.3, -0.25) is 9.89 Å². The maximum absolute atomic E-state index is 12.0. The van der Waals surface area contributed by atoms with E-state index in [-0.39, 0.29) is 11.3 Å². The van der Waals surface area contributed by atoms with Crippen LogP contribution in [0.2, 0.25) is 0 Å². The van der Waals surface area contributed by atoms with E-state index in [9.17, 15) is 4.79 Å². The highest BCUT2D eigenvalue weighted by Crippen LogP contribution is 2.26. The second-order valence-electron chi connectivity index (χ2n) is 5.92. The molecule has 20 heavy (non-hydrogen) atoms. The van der Waals surface area contributed by atoms with Crippen molar-refractivity contribution < 1.29 is 4.79 Å². The summed E-state index contributed by atoms with van der Waals surface area (Å²) in [6.45, 7) is 4.95. The van der Waals surface area contributed by atoms with E-state index in [1.54, 1.807) is 6.20 Å². The van der Waals surface area contributed by atoms with Crippen LogP contribution in [-0.4, -0.2) is 22.6 Å². The summed E-state index contributed by atoms with van der Waals surface area (Å²) in [4.78, 5) is 12.0. The molecular formula is C15H22N4O. The molecule has 2 aromatic rings. The Hall–Kier alpha value is -1.88. The van der Waals surface area contributed by atoms with Crippen LogP contribution in [0.15, 0.2) is 24.4 Å². The highest BCUT2D eigenvalue weighted by atomic mass is 16.1. The Labute approximate surface area is 118 Å². The molecule has 0 atom stereocenters. The van der Waals surface area contributed by atoms with E-state index in [2.05, 4.69) is 29.4 Å². The summed E-state index contributed by atoms with van der Waals surface area (Å²) in [6.07, 6.45) is 4.02. The van der Waals surface area contributed by atoms with Crippen LogP contribution < -0.4 is 11.1 Å². The number of fused-ring (bicyclic) bond motifs is 1. The van der Waals surface area contributed by atoms with Crippen LogP contribution in [0.1, 0.15) is 33.1 Å². The van der Waals surface area contributed by atoms with Crippen molar-refractivity contribution in [3.05, 3.63) is 24.4 Å². The zero-order chi connectivity index (χ0) is 14.6. The van der Waals surface area contributed by atoms with Crippen molar-refractivity contribution in [1.29, 1.82) is 0 Å². The Morgan fingerprint density at radius 1 is 1.40 bits per heavy atom. The van der Waals surface area contributed by atoms with Crippen LogP contribution >= 0.6 is 0 Å². The van der Waals surface area contributed by atoms with Gasteiger partial charge in [0.25, 0.3) is 0 Å². The van der Waals surface area contributed by atoms with Gasteiger partial charge >= 0.3 is 0 Å². The van der Waals surface area contributed by atoms with Gasteiger partial charge in [-0.25, -0.2) is 0 Å². The minimum atomic E-state index is 0.0398. The number of benzene rings is 1. The molecule has 4 N–H and O–H groups in total. The summed E-state index contributed by atoms with van der Waals surface area (Å²) < 4.78 is 0. The molecule has 1 heterocycles. The third kappa shape index (κ3) is 3.81. The lowest BCUT2D eigenvalue weighted by atomic mass is 9.84. The molecule has 0 spiro atoms. The van der Waals surface area contributed by atoms with Crippen molar-refractivity contribution in [3.8, 4) is 0 Å². The van der Waals surface area contributed by atoms with E-state index in [0.29, 0.717) is 13.0 Å². The number of hydrogen-bond acceptors (Lipinski definition) is 3. The van der Waals surface area contributed by atoms with Crippen LogP contribution in [0, 0.1) is 5.41 Å². The van der Waals surface area contributed by atoms with E-state index < -0.39 is 0 Å². The number of aromatic nitrogens is 2. The predicted octanol–water partition coefficient (Wildman–Crippen LogP) is 2.66. The number of amides is 1. The number of aromatic amines is 1. The number of H-pyrrole nitrogens is 1. The third-order valence-electron chi connectivity index (χ3n) is 3.57. The summed E-state index contributed by atoms with van der Waals surface area (Å²) >= 11 is 0. The Morgan fingerprint density at radius 2 is 2.20 bits per heavy atom. The molecule has 0 bridgehead atoms. The predicted molar refractivity (Wildman–Crippen MR) is 81.4 cm³/mol. The van der Waals surface area contributed by atoms with Crippen LogP contribution in [0.5, 0.6) is 0 Å². The maximum atomic E-state index is 12.0. The van der Waals surface area contributed by atoms with Gasteiger partial charge in [-0.05, 0) is 43.0 Å². The molecule has 0 unspecified atom stereocenters. The van der Waals surface area contributed by atoms with E-state index in [0.717, 1.165) is 29.4 Å². The van der Waals surface area contributed by atoms with Gasteiger partial charge in [0.05, 0.1) is 11.7 Å². The van der Waals surface area contributed by atoms with E-state index >= 15 is 0 Å². The average Bonchev–Trinajstić information content (AvgIpc) is 2.84. The molecule has 0 fully saturated rings. The fraction of sp³-hybridized carbons (Fsp3) is 0.467. The molecule has 0 saturated heterocycles. The molecular weight excluding hydrogens is 252 g/mol. The van der Waals surface area contributed by atoms with Crippen molar-refractivity contribution in [3.63, 3.8) is 0 Å². The monoisotopic (exact) mass is 274 g/mol. The lowest BCUT2D eigenvalue weighted by Gasteiger charge is -2.23. The number of anilines is 1. The second kappa shape index (κ2) is 6.05. The Morgan fingerprint density at radius 3 is 2.95 bits per heavy atom. The van der Waals surface area contributed by atoms with Crippen LogP contribution in [0.25, 0.3) is 10.9 Å². The summed E-state index contributed by atoms with van der Waals surface area (Å²) in [6, 6.07) is 5.71. The highest BCUT2D eigenvalue weighted by molar-refractivity contribution is 5.93. The summed E-state index contributed by atoms with van der Waals surface area (Å²) in [7, 11) is 0. The average molecular weight is 274 g/mol. The first-order valence-corrected chi connectivity index (χ1v) is 6.93. The van der Waals surface area contributed by atoms with Crippen molar-refractivity contribution >= 4 is 22.5 Å². The van der Waals surface area contributed by atoms with Gasteiger partial charge < -0.3 is 11.1 Å². The SMILES string of the molecule is CC(C)(CCN)CCC(=O)Nc1ccc2[nH]ncc2c1. The first kappa shape index (κ1) is 14.5. The van der Waals surface area contributed by atoms with E-state index in [1.807, 2.05) is 18.2 Å². The number of nitrogens with two attached hydrogens (primary N) is 1. The molecule has 5 nitrogen and oxygen atoms in total. The Balaban J connectivity index is 1.90. The van der Waals surface area contributed by atoms with Gasteiger partial charge in [-0.2, -0.15) is 5.10 Å². The summed E-state index contributed by atoms with van der Waals surface area (Å²) in [5.74, 6) is 0.0398. The van der Waals surface area contributed by atoms with Gasteiger partial charge in [0.2, 0.25) is 5.91 Å². The van der Waals surface area contributed by atoms with Crippen molar-refractivity contribution in [2.24, 2.45) is 11.1 Å². The fourth-order valence-corrected chi connectivity index (χ4v) is 2.21. The standard InChI is InChI=1S/C15H22N4O/c1-15(2,7-8-16)6-5-14(20)18-12-3-4-13-11(9-12)10-17-19-13/h3-4,9-10H,5-8,16H2,1-2H3,(H,17,19)(H,18,20). The molecule has 1 aromatic carbocycles. The molecule has 2 rings (SSSR count). The molecule has 0 aliphatic heterocycles. The smallest absolute Gasteiger partial charge is 0.224 e. The van der Waals surface area contributed by atoms with Gasteiger partial charge in [0.1, 0.15) is 0 Å². The molecule has 0 aliphatic rings. The number of nitrogens with zero attached hydrogens (tertiary/aromatic N) is 1. The van der Waals surface area contributed by atoms with Crippen molar-refractivity contribution in [2.45, 2.75) is 33.1 Å². The van der Waals surface area contributed by atoms with Gasteiger partial charge in [-0.1, -0.05) is 13.8 Å². The van der Waals surface area contributed by atoms with Gasteiger partial charge in [-0.15, -0.1) is 0 Å². The molecule has 1 aromatic heterocycles. The number of nitrogens with one attached hydrogen (secondary N) is 2. The molecule has 108 valence electrons. The van der Waals surface area contributed by atoms with Crippen molar-refractivity contribution in [1.82, 2.24) is 10.2 Å². The molecule has 0 aliphatic carbocycles. The quantitative estimate of drug-likeness (QED) is 0.757. The first-order chi connectivity index (χ1) is 9.50. The largest absolute Gasteiger partial charge is 0.330 e. The van der Waals surface area contributed by atoms with E-state index in [1.165, 1.54) is 0 Å². The zero-order valence-electron chi connectivity index (χ0n) is 12.1. The van der Waals surface area contributed by atoms with Crippen LogP contribution in [0.4, 0.5) is 5.69 Å². The van der Waals surface area contributed by atoms with Crippen molar-refractivity contribution in [2.75, 3.05) is 11.9 Å². The van der Waals surface area contributed by atoms with Crippen LogP contribution in [-0.2, 0) is 4.79 Å². The van der Waals surface area contributed by atoms with Crippen LogP contribution in [0.3, 0.4) is 0 Å². The maximum Gasteiger partial charge on any atom is 0.224 e. The van der Waals surface area contributed by atoms with Gasteiger partial charge in [0.15, 0.2) is 0 Å². The lowest BCUT2D eigenvalue weighted by Crippen LogP contribution is -2.20. The molecule has 0 saturated carbocycles. The minimum Gasteiger partial charge on any atom is -0.330 e. The summed E-state index contributed by atoms with van der Waals surface area (Å²) in [5, 5.41) is 10.8. The second-order valence-corrected chi connectivity index (χ2v) is 5.92. The number of carbonyl (C=O) groups excluding carboxylic acids is 1. The minimum absolute atomic E-state index is 0.0398. The molecule has 1 amide bonds. The first-order valence-electron chi connectivity index (χ1n) is 6.93. The highest BCUT2D eigenvalue weighted by Gasteiger charge is 2.18. The Bertz CT molecular complexity index is 588. The third-order valence-corrected chi connectivity index (χ3v) is 3.57. The lowest BCUT2D eigenvalue weighted by molar-refractivity contribution is -0.116. The summed E-state index contributed by atoms with van der Waals surface area (Å²) in [5.41, 5.74) is 7.46. The molecule has 0 radical (unpaired) electrons. The number of rotatable bonds is 6. The number of carbonyl (C=O) groups is 1. The normalized spacial score (nSPS) is 11.8. The topological polar surface area (TPSA) is 83.8 Å². The zero-order valence-corrected chi connectivity index (χ0v) is 12.1. The van der Waals surface area contributed by atoms with Gasteiger partial charge in [0, 0.05) is 17.5 Å². The molecule has 5 heteroatoms. The number of hydrogen-bond donors (Lipinski definition) is 3. The fourth-order valence-electron chi connectivity index (χ4n) is 2.21. The Kier molecular flexibility index (Phi) is 4.39.